The Balaban J connectivity index is 2.71. The average Bonchev–Trinajstić information content (AvgIpc) is 2.81. The Kier molecular flexibility index (Phi) is 5.82. The number of hydrogen-bond acceptors (Lipinski definition) is 4. The summed E-state index contributed by atoms with van der Waals surface area (Å²) in [6.45, 7) is 5.91. The molecule has 1 heterocycles. The number of thiophene rings is 1. The zero-order valence-corrected chi connectivity index (χ0v) is 12.3. The molecule has 0 aromatic carbocycles. The van der Waals surface area contributed by atoms with Gasteiger partial charge in [0.05, 0.1) is 12.0 Å². The second kappa shape index (κ2) is 7.13. The minimum Gasteiger partial charge on any atom is -0.409 e. The fraction of sp³-hybridized carbons (Fsp3) is 0.538. The molecule has 0 aliphatic carbocycles. The second-order valence-corrected chi connectivity index (χ2v) is 5.86. The maximum atomic E-state index is 12.1. The predicted octanol–water partition coefficient (Wildman–Crippen LogP) is 2.40. The summed E-state index contributed by atoms with van der Waals surface area (Å²) >= 11 is 1.65. The molecule has 1 amide bonds. The predicted molar refractivity (Wildman–Crippen MR) is 77.4 cm³/mol. The molecule has 5 nitrogen and oxygen atoms in total. The molecule has 106 valence electrons. The molecule has 1 aromatic rings. The van der Waals surface area contributed by atoms with Gasteiger partial charge in [-0.25, -0.2) is 0 Å². The molecule has 0 radical (unpaired) electrons. The van der Waals surface area contributed by atoms with Crippen LogP contribution in [0, 0.1) is 12.8 Å². The number of hydrogen-bond donors (Lipinski definition) is 3. The molecule has 19 heavy (non-hydrogen) atoms. The molecule has 1 aromatic heterocycles. The highest BCUT2D eigenvalue weighted by atomic mass is 32.1. The highest BCUT2D eigenvalue weighted by Gasteiger charge is 2.24. The molecular formula is C13H21N3O2S. The van der Waals surface area contributed by atoms with Crippen LogP contribution in [0.3, 0.4) is 0 Å². The number of oxime groups is 1. The first-order valence-corrected chi connectivity index (χ1v) is 7.15. The standard InChI is InChI=1S/C13H21N3O2S/c1-4-5-10(12(14)16-18)13(17)15-9(3)11-7-6-8(2)19-11/h6-7,9-10,18H,4-5H2,1-3H3,(H2,14,16)(H,15,17). The first kappa shape index (κ1) is 15.5. The summed E-state index contributed by atoms with van der Waals surface area (Å²) in [4.78, 5) is 14.4. The smallest absolute Gasteiger partial charge is 0.231 e. The topological polar surface area (TPSA) is 87.7 Å². The number of carbonyl (C=O) groups excluding carboxylic acids is 1. The maximum Gasteiger partial charge on any atom is 0.231 e. The average molecular weight is 283 g/mol. The lowest BCUT2D eigenvalue weighted by Gasteiger charge is -2.18. The fourth-order valence-electron chi connectivity index (χ4n) is 1.84. The third-order valence-electron chi connectivity index (χ3n) is 2.91. The molecule has 0 spiro atoms. The Morgan fingerprint density at radius 3 is 2.74 bits per heavy atom. The highest BCUT2D eigenvalue weighted by Crippen LogP contribution is 2.22. The minimum atomic E-state index is -0.571. The van der Waals surface area contributed by atoms with Crippen molar-refractivity contribution in [3.63, 3.8) is 0 Å². The van der Waals surface area contributed by atoms with Crippen molar-refractivity contribution in [2.24, 2.45) is 16.8 Å². The van der Waals surface area contributed by atoms with Crippen LogP contribution in [-0.2, 0) is 4.79 Å². The quantitative estimate of drug-likeness (QED) is 0.324. The first-order chi connectivity index (χ1) is 8.99. The molecule has 0 saturated heterocycles. The number of nitrogens with one attached hydrogen (secondary N) is 1. The molecule has 0 fully saturated rings. The van der Waals surface area contributed by atoms with Crippen LogP contribution in [0.4, 0.5) is 0 Å². The number of aryl methyl sites for hydroxylation is 1. The van der Waals surface area contributed by atoms with Gasteiger partial charge in [0.1, 0.15) is 0 Å². The van der Waals surface area contributed by atoms with E-state index < -0.39 is 5.92 Å². The van der Waals surface area contributed by atoms with Crippen molar-refractivity contribution >= 4 is 23.1 Å². The Labute approximate surface area is 117 Å². The molecule has 1 rings (SSSR count). The van der Waals surface area contributed by atoms with E-state index in [1.807, 2.05) is 32.9 Å². The van der Waals surface area contributed by atoms with Gasteiger partial charge in [-0.15, -0.1) is 11.3 Å². The van der Waals surface area contributed by atoms with Crippen LogP contribution in [0.15, 0.2) is 17.3 Å². The lowest BCUT2D eigenvalue weighted by Crippen LogP contribution is -2.39. The summed E-state index contributed by atoms with van der Waals surface area (Å²) in [5.41, 5.74) is 5.56. The Morgan fingerprint density at radius 1 is 1.58 bits per heavy atom. The Bertz CT molecular complexity index is 456. The van der Waals surface area contributed by atoms with Crippen molar-refractivity contribution in [1.29, 1.82) is 0 Å². The summed E-state index contributed by atoms with van der Waals surface area (Å²) < 4.78 is 0. The van der Waals surface area contributed by atoms with Gasteiger partial charge < -0.3 is 16.3 Å². The van der Waals surface area contributed by atoms with Crippen LogP contribution in [0.5, 0.6) is 0 Å². The SMILES string of the molecule is CCCC(C(=O)NC(C)c1ccc(C)s1)C(N)=NO. The lowest BCUT2D eigenvalue weighted by molar-refractivity contribution is -0.123. The largest absolute Gasteiger partial charge is 0.409 e. The minimum absolute atomic E-state index is 0.0334. The number of amides is 1. The number of nitrogens with zero attached hydrogens (tertiary/aromatic N) is 1. The van der Waals surface area contributed by atoms with E-state index in [1.165, 1.54) is 4.88 Å². The van der Waals surface area contributed by atoms with Crippen molar-refractivity contribution < 1.29 is 10.0 Å². The molecule has 6 heteroatoms. The highest BCUT2D eigenvalue weighted by molar-refractivity contribution is 7.12. The zero-order valence-electron chi connectivity index (χ0n) is 11.5. The van der Waals surface area contributed by atoms with Crippen LogP contribution in [0.2, 0.25) is 0 Å². The van der Waals surface area contributed by atoms with E-state index in [0.29, 0.717) is 6.42 Å². The van der Waals surface area contributed by atoms with Gasteiger partial charge in [-0.05, 0) is 32.4 Å². The molecule has 0 bridgehead atoms. The molecule has 0 aliphatic rings. The van der Waals surface area contributed by atoms with Gasteiger partial charge in [0, 0.05) is 9.75 Å². The van der Waals surface area contributed by atoms with Crippen LogP contribution in [0.1, 0.15) is 42.5 Å². The van der Waals surface area contributed by atoms with Gasteiger partial charge in [0.2, 0.25) is 5.91 Å². The normalized spacial score (nSPS) is 15.0. The zero-order chi connectivity index (χ0) is 14.4. The van der Waals surface area contributed by atoms with E-state index in [-0.39, 0.29) is 17.8 Å². The Morgan fingerprint density at radius 2 is 2.26 bits per heavy atom. The molecular weight excluding hydrogens is 262 g/mol. The molecule has 2 atom stereocenters. The summed E-state index contributed by atoms with van der Waals surface area (Å²) in [5, 5.41) is 14.6. The molecule has 4 N–H and O–H groups in total. The number of nitrogens with two attached hydrogens (primary N) is 1. The van der Waals surface area contributed by atoms with Crippen LogP contribution < -0.4 is 11.1 Å². The van der Waals surface area contributed by atoms with Gasteiger partial charge in [0.25, 0.3) is 0 Å². The molecule has 2 unspecified atom stereocenters. The number of rotatable bonds is 6. The van der Waals surface area contributed by atoms with Crippen LogP contribution in [-0.4, -0.2) is 17.0 Å². The Hall–Kier alpha value is -1.56. The van der Waals surface area contributed by atoms with E-state index in [9.17, 15) is 4.79 Å². The van der Waals surface area contributed by atoms with Crippen LogP contribution in [0.25, 0.3) is 0 Å². The van der Waals surface area contributed by atoms with Crippen molar-refractivity contribution in [3.8, 4) is 0 Å². The summed E-state index contributed by atoms with van der Waals surface area (Å²) in [6.07, 6.45) is 1.36. The molecule has 0 saturated carbocycles. The van der Waals surface area contributed by atoms with E-state index in [0.717, 1.165) is 11.3 Å². The van der Waals surface area contributed by atoms with E-state index in [4.69, 9.17) is 10.9 Å². The molecule has 0 aliphatic heterocycles. The van der Waals surface area contributed by atoms with E-state index >= 15 is 0 Å². The van der Waals surface area contributed by atoms with Gasteiger partial charge >= 0.3 is 0 Å². The summed E-state index contributed by atoms with van der Waals surface area (Å²) in [6, 6.07) is 3.95. The van der Waals surface area contributed by atoms with Gasteiger partial charge in [-0.2, -0.15) is 0 Å². The fourth-order valence-corrected chi connectivity index (χ4v) is 2.72. The van der Waals surface area contributed by atoms with Crippen molar-refractivity contribution in [1.82, 2.24) is 5.32 Å². The summed E-state index contributed by atoms with van der Waals surface area (Å²) in [5.74, 6) is -0.803. The van der Waals surface area contributed by atoms with Crippen molar-refractivity contribution in [2.75, 3.05) is 0 Å². The van der Waals surface area contributed by atoms with Crippen molar-refractivity contribution in [2.45, 2.75) is 39.7 Å². The van der Waals surface area contributed by atoms with E-state index in [2.05, 4.69) is 10.5 Å². The number of amidine groups is 1. The van der Waals surface area contributed by atoms with Gasteiger partial charge in [-0.1, -0.05) is 18.5 Å². The maximum absolute atomic E-state index is 12.1. The van der Waals surface area contributed by atoms with Crippen molar-refractivity contribution in [3.05, 3.63) is 21.9 Å². The third kappa shape index (κ3) is 4.24. The summed E-state index contributed by atoms with van der Waals surface area (Å²) in [7, 11) is 0. The second-order valence-electron chi connectivity index (χ2n) is 4.54. The monoisotopic (exact) mass is 283 g/mol. The lowest BCUT2D eigenvalue weighted by atomic mass is 10.0. The van der Waals surface area contributed by atoms with Gasteiger partial charge in [0.15, 0.2) is 5.84 Å². The van der Waals surface area contributed by atoms with E-state index in [1.54, 1.807) is 11.3 Å². The van der Waals surface area contributed by atoms with Gasteiger partial charge in [-0.3, -0.25) is 4.79 Å². The third-order valence-corrected chi connectivity index (χ3v) is 4.10. The van der Waals surface area contributed by atoms with Crippen LogP contribution >= 0.6 is 11.3 Å². The first-order valence-electron chi connectivity index (χ1n) is 6.33. The number of carbonyl (C=O) groups is 1.